The first-order valence-electron chi connectivity index (χ1n) is 4.70. The molecule has 0 bridgehead atoms. The Bertz CT molecular complexity index is 556. The second-order valence-electron chi connectivity index (χ2n) is 3.39. The fourth-order valence-corrected chi connectivity index (χ4v) is 1.78. The van der Waals surface area contributed by atoms with Crippen LogP contribution in [0.5, 0.6) is 0 Å². The van der Waals surface area contributed by atoms with E-state index in [-0.39, 0.29) is 11.5 Å². The Kier molecular flexibility index (Phi) is 2.32. The average molecular weight is 209 g/mol. The largest absolute Gasteiger partial charge is 0.329 e. The van der Waals surface area contributed by atoms with Crippen molar-refractivity contribution in [1.82, 2.24) is 9.13 Å². The summed E-state index contributed by atoms with van der Waals surface area (Å²) in [5, 5.41) is 0. The van der Waals surface area contributed by atoms with Crippen LogP contribution in [0.3, 0.4) is 0 Å². The van der Waals surface area contributed by atoms with Gasteiger partial charge >= 0.3 is 5.69 Å². The minimum absolute atomic E-state index is 0.236. The van der Waals surface area contributed by atoms with Gasteiger partial charge in [0.2, 0.25) is 0 Å². The van der Waals surface area contributed by atoms with Crippen molar-refractivity contribution >= 4 is 11.0 Å². The van der Waals surface area contributed by atoms with Crippen LogP contribution in [0.4, 0.5) is 4.39 Å². The molecule has 0 spiro atoms. The molecule has 15 heavy (non-hydrogen) atoms. The topological polar surface area (TPSA) is 53.0 Å². The third-order valence-corrected chi connectivity index (χ3v) is 2.46. The van der Waals surface area contributed by atoms with Crippen LogP contribution in [-0.4, -0.2) is 15.7 Å². The van der Waals surface area contributed by atoms with Crippen LogP contribution < -0.4 is 11.4 Å². The number of hydrogen-bond donors (Lipinski definition) is 1. The molecule has 0 saturated carbocycles. The predicted molar refractivity (Wildman–Crippen MR) is 56.2 cm³/mol. The van der Waals surface area contributed by atoms with Crippen molar-refractivity contribution in [2.24, 2.45) is 12.8 Å². The quantitative estimate of drug-likeness (QED) is 0.780. The summed E-state index contributed by atoms with van der Waals surface area (Å²) in [6.07, 6.45) is 0. The molecular weight excluding hydrogens is 197 g/mol. The molecule has 0 saturated heterocycles. The Hall–Kier alpha value is -1.62. The monoisotopic (exact) mass is 209 g/mol. The zero-order valence-electron chi connectivity index (χ0n) is 8.40. The molecule has 2 N–H and O–H groups in total. The number of nitrogens with zero attached hydrogens (tertiary/aromatic N) is 2. The predicted octanol–water partition coefficient (Wildman–Crippen LogP) is 0.438. The van der Waals surface area contributed by atoms with Gasteiger partial charge in [-0.25, -0.2) is 9.18 Å². The van der Waals surface area contributed by atoms with Crippen LogP contribution in [0.15, 0.2) is 23.0 Å². The van der Waals surface area contributed by atoms with E-state index >= 15 is 0 Å². The lowest BCUT2D eigenvalue weighted by Crippen LogP contribution is -2.25. The molecule has 1 aromatic heterocycles. The molecule has 0 aliphatic rings. The average Bonchev–Trinajstić information content (AvgIpc) is 2.45. The second kappa shape index (κ2) is 3.51. The van der Waals surface area contributed by atoms with E-state index < -0.39 is 0 Å². The highest BCUT2D eigenvalue weighted by molar-refractivity contribution is 5.76. The minimum atomic E-state index is -0.386. The SMILES string of the molecule is Cn1c(=O)n(CCN)c2cccc(F)c21. The van der Waals surface area contributed by atoms with Gasteiger partial charge in [0.05, 0.1) is 5.52 Å². The number of rotatable bonds is 2. The van der Waals surface area contributed by atoms with Crippen LogP contribution in [-0.2, 0) is 13.6 Å². The molecule has 0 aliphatic heterocycles. The molecule has 0 radical (unpaired) electrons. The number of imidazole rings is 1. The highest BCUT2D eigenvalue weighted by atomic mass is 19.1. The van der Waals surface area contributed by atoms with Gasteiger partial charge in [0, 0.05) is 20.1 Å². The Labute approximate surface area is 85.7 Å². The summed E-state index contributed by atoms with van der Waals surface area (Å²) in [5.41, 5.74) is 6.09. The third-order valence-electron chi connectivity index (χ3n) is 2.46. The van der Waals surface area contributed by atoms with Gasteiger partial charge in [0.15, 0.2) is 0 Å². The van der Waals surface area contributed by atoms with Crippen LogP contribution in [0.25, 0.3) is 11.0 Å². The fourth-order valence-electron chi connectivity index (χ4n) is 1.78. The Morgan fingerprint density at radius 1 is 1.47 bits per heavy atom. The van der Waals surface area contributed by atoms with Gasteiger partial charge in [-0.05, 0) is 12.1 Å². The first kappa shape index (κ1) is 9.92. The second-order valence-corrected chi connectivity index (χ2v) is 3.39. The third kappa shape index (κ3) is 1.35. The van der Waals surface area contributed by atoms with E-state index in [9.17, 15) is 9.18 Å². The number of fused-ring (bicyclic) bond motifs is 1. The lowest BCUT2D eigenvalue weighted by Gasteiger charge is -1.99. The summed E-state index contributed by atoms with van der Waals surface area (Å²) in [6.45, 7) is 0.759. The smallest absolute Gasteiger partial charge is 0.328 e. The lowest BCUT2D eigenvalue weighted by molar-refractivity contribution is 0.629. The molecule has 2 rings (SSSR count). The summed E-state index contributed by atoms with van der Waals surface area (Å²) in [5.74, 6) is -0.386. The number of nitrogens with two attached hydrogens (primary N) is 1. The summed E-state index contributed by atoms with van der Waals surface area (Å²) >= 11 is 0. The Balaban J connectivity index is 2.87. The van der Waals surface area contributed by atoms with E-state index in [1.54, 1.807) is 19.2 Å². The van der Waals surface area contributed by atoms with Crippen molar-refractivity contribution in [3.05, 3.63) is 34.5 Å². The first-order chi connectivity index (χ1) is 7.16. The van der Waals surface area contributed by atoms with E-state index in [0.29, 0.717) is 24.1 Å². The van der Waals surface area contributed by atoms with E-state index in [0.717, 1.165) is 0 Å². The number of halogens is 1. The Morgan fingerprint density at radius 2 is 2.20 bits per heavy atom. The van der Waals surface area contributed by atoms with Crippen LogP contribution in [0, 0.1) is 5.82 Å². The molecule has 0 atom stereocenters. The summed E-state index contributed by atoms with van der Waals surface area (Å²) < 4.78 is 16.3. The van der Waals surface area contributed by atoms with Gasteiger partial charge in [-0.15, -0.1) is 0 Å². The van der Waals surface area contributed by atoms with E-state index in [1.165, 1.54) is 15.2 Å². The zero-order valence-corrected chi connectivity index (χ0v) is 8.40. The maximum Gasteiger partial charge on any atom is 0.328 e. The molecular formula is C10H12FN3O. The molecule has 5 heteroatoms. The molecule has 0 amide bonds. The normalized spacial score (nSPS) is 11.1. The molecule has 1 aromatic carbocycles. The van der Waals surface area contributed by atoms with Crippen molar-refractivity contribution in [3.63, 3.8) is 0 Å². The summed E-state index contributed by atoms with van der Waals surface area (Å²) in [7, 11) is 1.56. The molecule has 0 fully saturated rings. The lowest BCUT2D eigenvalue weighted by atomic mass is 10.3. The fraction of sp³-hybridized carbons (Fsp3) is 0.300. The van der Waals surface area contributed by atoms with Gasteiger partial charge in [0.1, 0.15) is 11.3 Å². The van der Waals surface area contributed by atoms with Crippen molar-refractivity contribution < 1.29 is 4.39 Å². The van der Waals surface area contributed by atoms with E-state index in [1.807, 2.05) is 0 Å². The molecule has 0 unspecified atom stereocenters. The van der Waals surface area contributed by atoms with E-state index in [4.69, 9.17) is 5.73 Å². The van der Waals surface area contributed by atoms with Crippen LogP contribution >= 0.6 is 0 Å². The van der Waals surface area contributed by atoms with Gasteiger partial charge in [0.25, 0.3) is 0 Å². The Morgan fingerprint density at radius 3 is 2.87 bits per heavy atom. The van der Waals surface area contributed by atoms with Crippen LogP contribution in [0.1, 0.15) is 0 Å². The van der Waals surface area contributed by atoms with Crippen molar-refractivity contribution in [1.29, 1.82) is 0 Å². The van der Waals surface area contributed by atoms with Crippen molar-refractivity contribution in [2.75, 3.05) is 6.54 Å². The number of aromatic nitrogens is 2. The molecule has 80 valence electrons. The molecule has 4 nitrogen and oxygen atoms in total. The maximum absolute atomic E-state index is 13.5. The highest BCUT2D eigenvalue weighted by Crippen LogP contribution is 2.15. The van der Waals surface area contributed by atoms with Crippen LogP contribution in [0.2, 0.25) is 0 Å². The minimum Gasteiger partial charge on any atom is -0.329 e. The highest BCUT2D eigenvalue weighted by Gasteiger charge is 2.12. The molecule has 0 aliphatic carbocycles. The van der Waals surface area contributed by atoms with Gasteiger partial charge in [-0.2, -0.15) is 0 Å². The van der Waals surface area contributed by atoms with Gasteiger partial charge < -0.3 is 5.73 Å². The summed E-state index contributed by atoms with van der Waals surface area (Å²) in [6, 6.07) is 4.65. The molecule has 2 aromatic rings. The van der Waals surface area contributed by atoms with Gasteiger partial charge in [-0.1, -0.05) is 6.07 Å². The van der Waals surface area contributed by atoms with Gasteiger partial charge in [-0.3, -0.25) is 9.13 Å². The standard InChI is InChI=1S/C10H12FN3O/c1-13-9-7(11)3-2-4-8(9)14(6-5-12)10(13)15/h2-4H,5-6,12H2,1H3. The van der Waals surface area contributed by atoms with Crippen molar-refractivity contribution in [2.45, 2.75) is 6.54 Å². The maximum atomic E-state index is 13.5. The van der Waals surface area contributed by atoms with Crippen molar-refractivity contribution in [3.8, 4) is 0 Å². The molecule has 1 heterocycles. The first-order valence-corrected chi connectivity index (χ1v) is 4.70. The number of benzene rings is 1. The number of aryl methyl sites for hydroxylation is 1. The number of para-hydroxylation sites is 1. The summed E-state index contributed by atoms with van der Waals surface area (Å²) in [4.78, 5) is 11.7. The number of hydrogen-bond acceptors (Lipinski definition) is 2. The van der Waals surface area contributed by atoms with E-state index in [2.05, 4.69) is 0 Å². The zero-order chi connectivity index (χ0) is 11.0.